The predicted molar refractivity (Wildman–Crippen MR) is 100 cm³/mol. The number of non-ortho nitro benzene ring substituents is 1. The second-order valence-corrected chi connectivity index (χ2v) is 6.75. The summed E-state index contributed by atoms with van der Waals surface area (Å²) in [7, 11) is 1.29. The highest BCUT2D eigenvalue weighted by molar-refractivity contribution is 5.90. The summed E-state index contributed by atoms with van der Waals surface area (Å²) in [5.41, 5.74) is 0.991. The SMILES string of the molecule is COC(=O)c1ccc(CN2CC(C)CC2=O)c(Oc2ccc([N+](=O)[O-])cc2)c1. The zero-order valence-electron chi connectivity index (χ0n) is 15.6. The second-order valence-electron chi connectivity index (χ2n) is 6.75. The molecule has 8 nitrogen and oxygen atoms in total. The Balaban J connectivity index is 1.89. The maximum absolute atomic E-state index is 12.1. The lowest BCUT2D eigenvalue weighted by Crippen LogP contribution is -2.24. The van der Waals surface area contributed by atoms with Crippen LogP contribution in [0.4, 0.5) is 5.69 Å². The van der Waals surface area contributed by atoms with Gasteiger partial charge < -0.3 is 14.4 Å². The van der Waals surface area contributed by atoms with E-state index in [0.29, 0.717) is 42.5 Å². The molecule has 0 spiro atoms. The van der Waals surface area contributed by atoms with E-state index in [0.717, 1.165) is 5.56 Å². The van der Waals surface area contributed by atoms with Crippen LogP contribution in [0, 0.1) is 16.0 Å². The zero-order chi connectivity index (χ0) is 20.3. The van der Waals surface area contributed by atoms with Crippen LogP contribution < -0.4 is 4.74 Å². The molecule has 1 amide bonds. The summed E-state index contributed by atoms with van der Waals surface area (Å²) in [6, 6.07) is 10.5. The Labute approximate surface area is 161 Å². The van der Waals surface area contributed by atoms with Crippen LogP contribution in [0.25, 0.3) is 0 Å². The number of nitrogens with zero attached hydrogens (tertiary/aromatic N) is 2. The topological polar surface area (TPSA) is 99.0 Å². The second kappa shape index (κ2) is 8.08. The average Bonchev–Trinajstić information content (AvgIpc) is 2.99. The van der Waals surface area contributed by atoms with Crippen LogP contribution in [0.2, 0.25) is 0 Å². The smallest absolute Gasteiger partial charge is 0.337 e. The number of nitro benzene ring substituents is 1. The summed E-state index contributed by atoms with van der Waals surface area (Å²) >= 11 is 0. The van der Waals surface area contributed by atoms with E-state index in [2.05, 4.69) is 0 Å². The molecule has 1 saturated heterocycles. The fourth-order valence-corrected chi connectivity index (χ4v) is 3.12. The minimum Gasteiger partial charge on any atom is -0.465 e. The largest absolute Gasteiger partial charge is 0.465 e. The van der Waals surface area contributed by atoms with Crippen molar-refractivity contribution in [1.29, 1.82) is 0 Å². The van der Waals surface area contributed by atoms with Crippen molar-refractivity contribution < 1.29 is 24.0 Å². The predicted octanol–water partition coefficient (Wildman–Crippen LogP) is 3.54. The highest BCUT2D eigenvalue weighted by atomic mass is 16.6. The van der Waals surface area contributed by atoms with Crippen LogP contribution in [-0.4, -0.2) is 35.4 Å². The first kappa shape index (κ1) is 19.3. The van der Waals surface area contributed by atoms with Gasteiger partial charge in [-0.05, 0) is 30.2 Å². The monoisotopic (exact) mass is 384 g/mol. The molecule has 1 fully saturated rings. The molecule has 2 aromatic rings. The third kappa shape index (κ3) is 4.28. The molecular weight excluding hydrogens is 364 g/mol. The standard InChI is InChI=1S/C20H20N2O6/c1-13-9-19(23)21(11-13)12-15-4-3-14(20(24)27-2)10-18(15)28-17-7-5-16(6-8-17)22(25)26/h3-8,10,13H,9,11-12H2,1-2H3. The van der Waals surface area contributed by atoms with E-state index in [1.54, 1.807) is 23.1 Å². The molecule has 1 aliphatic heterocycles. The number of hydrogen-bond acceptors (Lipinski definition) is 6. The van der Waals surface area contributed by atoms with Gasteiger partial charge in [-0.1, -0.05) is 13.0 Å². The van der Waals surface area contributed by atoms with E-state index >= 15 is 0 Å². The lowest BCUT2D eigenvalue weighted by Gasteiger charge is -2.19. The van der Waals surface area contributed by atoms with Crippen molar-refractivity contribution in [3.8, 4) is 11.5 Å². The van der Waals surface area contributed by atoms with Gasteiger partial charge >= 0.3 is 5.97 Å². The molecule has 0 radical (unpaired) electrons. The summed E-state index contributed by atoms with van der Waals surface area (Å²) < 4.78 is 10.6. The van der Waals surface area contributed by atoms with E-state index in [1.165, 1.54) is 31.4 Å². The van der Waals surface area contributed by atoms with Crippen LogP contribution >= 0.6 is 0 Å². The van der Waals surface area contributed by atoms with Gasteiger partial charge in [0, 0.05) is 37.2 Å². The van der Waals surface area contributed by atoms with E-state index < -0.39 is 10.9 Å². The molecule has 8 heteroatoms. The minimum atomic E-state index is -0.508. The first-order chi connectivity index (χ1) is 13.4. The molecular formula is C20H20N2O6. The molecule has 0 N–H and O–H groups in total. The molecule has 1 atom stereocenters. The quantitative estimate of drug-likeness (QED) is 0.429. The minimum absolute atomic E-state index is 0.0486. The van der Waals surface area contributed by atoms with Crippen molar-refractivity contribution in [2.45, 2.75) is 19.9 Å². The van der Waals surface area contributed by atoms with E-state index in [-0.39, 0.29) is 11.6 Å². The molecule has 3 rings (SSSR count). The Bertz CT molecular complexity index is 909. The van der Waals surface area contributed by atoms with Gasteiger partial charge in [0.25, 0.3) is 5.69 Å². The fourth-order valence-electron chi connectivity index (χ4n) is 3.12. The van der Waals surface area contributed by atoms with E-state index in [1.807, 2.05) is 6.92 Å². The van der Waals surface area contributed by atoms with E-state index in [9.17, 15) is 19.7 Å². The van der Waals surface area contributed by atoms with Gasteiger partial charge in [-0.2, -0.15) is 0 Å². The number of methoxy groups -OCH3 is 1. The normalized spacial score (nSPS) is 16.1. The number of carbonyl (C=O) groups is 2. The molecule has 1 unspecified atom stereocenters. The van der Waals surface area contributed by atoms with Crippen LogP contribution in [-0.2, 0) is 16.1 Å². The van der Waals surface area contributed by atoms with Crippen LogP contribution in [0.1, 0.15) is 29.3 Å². The maximum Gasteiger partial charge on any atom is 0.337 e. The van der Waals surface area contributed by atoms with Crippen molar-refractivity contribution in [3.63, 3.8) is 0 Å². The fraction of sp³-hybridized carbons (Fsp3) is 0.300. The molecule has 0 aromatic heterocycles. The Kier molecular flexibility index (Phi) is 5.58. The van der Waals surface area contributed by atoms with Gasteiger partial charge in [-0.3, -0.25) is 14.9 Å². The molecule has 2 aromatic carbocycles. The summed E-state index contributed by atoms with van der Waals surface area (Å²) in [4.78, 5) is 36.1. The third-order valence-electron chi connectivity index (χ3n) is 4.53. The van der Waals surface area contributed by atoms with Gasteiger partial charge in [0.15, 0.2) is 0 Å². The molecule has 0 bridgehead atoms. The molecule has 0 aliphatic carbocycles. The first-order valence-electron chi connectivity index (χ1n) is 8.78. The Hall–Kier alpha value is -3.42. The number of ether oxygens (including phenoxy) is 2. The van der Waals surface area contributed by atoms with Gasteiger partial charge in [0.1, 0.15) is 11.5 Å². The van der Waals surface area contributed by atoms with Crippen LogP contribution in [0.15, 0.2) is 42.5 Å². The Morgan fingerprint density at radius 2 is 1.96 bits per heavy atom. The summed E-state index contributed by atoms with van der Waals surface area (Å²) in [6.07, 6.45) is 0.513. The van der Waals surface area contributed by atoms with Gasteiger partial charge in [0.2, 0.25) is 5.91 Å². The van der Waals surface area contributed by atoms with Crippen LogP contribution in [0.5, 0.6) is 11.5 Å². The number of nitro groups is 1. The average molecular weight is 384 g/mol. The molecule has 146 valence electrons. The number of likely N-dealkylation sites (tertiary alicyclic amines) is 1. The van der Waals surface area contributed by atoms with Crippen molar-refractivity contribution in [1.82, 2.24) is 4.90 Å². The van der Waals surface area contributed by atoms with Crippen molar-refractivity contribution >= 4 is 17.6 Å². The van der Waals surface area contributed by atoms with Crippen molar-refractivity contribution in [3.05, 3.63) is 63.7 Å². The Morgan fingerprint density at radius 3 is 2.54 bits per heavy atom. The van der Waals surface area contributed by atoms with Gasteiger partial charge in [-0.25, -0.2) is 4.79 Å². The molecule has 1 aliphatic rings. The highest BCUT2D eigenvalue weighted by Crippen LogP contribution is 2.30. The number of amides is 1. The molecule has 28 heavy (non-hydrogen) atoms. The zero-order valence-corrected chi connectivity index (χ0v) is 15.6. The molecule has 0 saturated carbocycles. The number of rotatable bonds is 6. The Morgan fingerprint density at radius 1 is 1.25 bits per heavy atom. The van der Waals surface area contributed by atoms with E-state index in [4.69, 9.17) is 9.47 Å². The first-order valence-corrected chi connectivity index (χ1v) is 8.78. The summed E-state index contributed by atoms with van der Waals surface area (Å²) in [5, 5.41) is 10.8. The van der Waals surface area contributed by atoms with Gasteiger partial charge in [0.05, 0.1) is 17.6 Å². The lowest BCUT2D eigenvalue weighted by atomic mass is 10.1. The van der Waals surface area contributed by atoms with Crippen molar-refractivity contribution in [2.75, 3.05) is 13.7 Å². The van der Waals surface area contributed by atoms with Crippen molar-refractivity contribution in [2.24, 2.45) is 5.92 Å². The van der Waals surface area contributed by atoms with Gasteiger partial charge in [-0.15, -0.1) is 0 Å². The number of benzene rings is 2. The lowest BCUT2D eigenvalue weighted by molar-refractivity contribution is -0.384. The summed E-state index contributed by atoms with van der Waals surface area (Å²) in [5.74, 6) is 0.636. The maximum atomic E-state index is 12.1. The van der Waals surface area contributed by atoms with Crippen LogP contribution in [0.3, 0.4) is 0 Å². The number of carbonyl (C=O) groups excluding carboxylic acids is 2. The summed E-state index contributed by atoms with van der Waals surface area (Å²) in [6.45, 7) is 3.04. The number of esters is 1. The third-order valence-corrected chi connectivity index (χ3v) is 4.53. The number of hydrogen-bond donors (Lipinski definition) is 0. The molecule has 1 heterocycles. The highest BCUT2D eigenvalue weighted by Gasteiger charge is 2.27.